The molecule has 0 radical (unpaired) electrons. The lowest BCUT2D eigenvalue weighted by Crippen LogP contribution is -2.51. The topological polar surface area (TPSA) is 52.7 Å². The maximum absolute atomic E-state index is 12.9. The van der Waals surface area contributed by atoms with Crippen LogP contribution < -0.4 is 10.2 Å². The van der Waals surface area contributed by atoms with Gasteiger partial charge in [-0.15, -0.1) is 0 Å². The fraction of sp³-hybridized carbons (Fsp3) is 0.500. The van der Waals surface area contributed by atoms with Crippen molar-refractivity contribution in [3.05, 3.63) is 30.1 Å². The summed E-state index contributed by atoms with van der Waals surface area (Å²) in [6, 6.07) is 6.39. The molecule has 0 spiro atoms. The average molecular weight is 305 g/mol. The minimum absolute atomic E-state index is 0.00158. The molecular formula is C16H20FN3O2. The second-order valence-electron chi connectivity index (χ2n) is 5.84. The van der Waals surface area contributed by atoms with Gasteiger partial charge in [0.15, 0.2) is 0 Å². The van der Waals surface area contributed by atoms with Gasteiger partial charge in [-0.3, -0.25) is 9.59 Å². The van der Waals surface area contributed by atoms with E-state index < -0.39 is 0 Å². The summed E-state index contributed by atoms with van der Waals surface area (Å²) >= 11 is 0. The molecule has 5 nitrogen and oxygen atoms in total. The number of halogens is 1. The Labute approximate surface area is 129 Å². The van der Waals surface area contributed by atoms with Crippen molar-refractivity contribution in [1.82, 2.24) is 10.2 Å². The lowest BCUT2D eigenvalue weighted by atomic mass is 10.2. The second kappa shape index (κ2) is 6.34. The fourth-order valence-electron chi connectivity index (χ4n) is 2.63. The quantitative estimate of drug-likeness (QED) is 0.903. The third kappa shape index (κ3) is 3.55. The van der Waals surface area contributed by atoms with E-state index in [1.165, 1.54) is 12.1 Å². The summed E-state index contributed by atoms with van der Waals surface area (Å²) in [6.07, 6.45) is 1.88. The molecule has 6 heteroatoms. The minimum atomic E-state index is -0.246. The summed E-state index contributed by atoms with van der Waals surface area (Å²) in [5.41, 5.74) is 0.968. The Morgan fingerprint density at radius 3 is 2.32 bits per heavy atom. The highest BCUT2D eigenvalue weighted by molar-refractivity contribution is 5.87. The van der Waals surface area contributed by atoms with Crippen LogP contribution in [0, 0.1) is 11.7 Å². The first-order valence-electron chi connectivity index (χ1n) is 7.69. The number of rotatable bonds is 4. The first-order valence-corrected chi connectivity index (χ1v) is 7.69. The normalized spacial score (nSPS) is 18.2. The number of hydrogen-bond acceptors (Lipinski definition) is 3. The van der Waals surface area contributed by atoms with Gasteiger partial charge in [-0.2, -0.15) is 0 Å². The second-order valence-corrected chi connectivity index (χ2v) is 5.84. The van der Waals surface area contributed by atoms with E-state index in [9.17, 15) is 14.0 Å². The number of amides is 2. The van der Waals surface area contributed by atoms with Crippen LogP contribution >= 0.6 is 0 Å². The smallest absolute Gasteiger partial charge is 0.242 e. The molecule has 1 aromatic carbocycles. The summed E-state index contributed by atoms with van der Waals surface area (Å²) in [4.78, 5) is 27.5. The zero-order valence-electron chi connectivity index (χ0n) is 12.4. The summed E-state index contributed by atoms with van der Waals surface area (Å²) in [7, 11) is 0. The van der Waals surface area contributed by atoms with E-state index >= 15 is 0 Å². The molecule has 1 aliphatic carbocycles. The molecule has 3 rings (SSSR count). The minimum Gasteiger partial charge on any atom is -0.368 e. The number of carbonyl (C=O) groups excluding carboxylic acids is 2. The maximum Gasteiger partial charge on any atom is 0.242 e. The molecule has 1 N–H and O–H groups in total. The Hall–Kier alpha value is -2.11. The van der Waals surface area contributed by atoms with Gasteiger partial charge >= 0.3 is 0 Å². The Morgan fingerprint density at radius 1 is 1.09 bits per heavy atom. The first kappa shape index (κ1) is 14.8. The summed E-state index contributed by atoms with van der Waals surface area (Å²) in [5.74, 6) is -0.154. The van der Waals surface area contributed by atoms with Gasteiger partial charge in [-0.1, -0.05) is 0 Å². The van der Waals surface area contributed by atoms with Gasteiger partial charge in [0.2, 0.25) is 11.8 Å². The van der Waals surface area contributed by atoms with Gasteiger partial charge in [0.05, 0.1) is 6.54 Å². The number of hydrogen-bond donors (Lipinski definition) is 1. The van der Waals surface area contributed by atoms with Crippen molar-refractivity contribution < 1.29 is 14.0 Å². The van der Waals surface area contributed by atoms with Gasteiger partial charge in [-0.05, 0) is 37.1 Å². The number of carbonyl (C=O) groups is 2. The molecule has 0 bridgehead atoms. The van der Waals surface area contributed by atoms with E-state index in [1.54, 1.807) is 17.0 Å². The molecule has 1 aliphatic heterocycles. The first-order chi connectivity index (χ1) is 10.6. The zero-order valence-corrected chi connectivity index (χ0v) is 12.4. The van der Waals surface area contributed by atoms with Crippen molar-refractivity contribution in [3.63, 3.8) is 0 Å². The lowest BCUT2D eigenvalue weighted by Gasteiger charge is -2.36. The van der Waals surface area contributed by atoms with E-state index in [0.717, 1.165) is 18.5 Å². The van der Waals surface area contributed by atoms with Crippen LogP contribution in [0.5, 0.6) is 0 Å². The molecule has 0 atom stereocenters. The molecule has 1 saturated carbocycles. The highest BCUT2D eigenvalue weighted by Gasteiger charge is 2.30. The van der Waals surface area contributed by atoms with Crippen molar-refractivity contribution in [2.45, 2.75) is 12.8 Å². The van der Waals surface area contributed by atoms with E-state index in [-0.39, 0.29) is 30.1 Å². The molecular weight excluding hydrogens is 285 g/mol. The summed E-state index contributed by atoms with van der Waals surface area (Å²) < 4.78 is 12.9. The Balaban J connectivity index is 1.45. The van der Waals surface area contributed by atoms with Gasteiger partial charge in [0, 0.05) is 37.8 Å². The van der Waals surface area contributed by atoms with E-state index in [2.05, 4.69) is 10.2 Å². The van der Waals surface area contributed by atoms with E-state index in [1.807, 2.05) is 0 Å². The molecule has 1 saturated heterocycles. The molecule has 118 valence electrons. The van der Waals surface area contributed by atoms with Crippen molar-refractivity contribution >= 4 is 17.5 Å². The predicted octanol–water partition coefficient (Wildman–Crippen LogP) is 1.00. The molecule has 0 aromatic heterocycles. The van der Waals surface area contributed by atoms with Crippen molar-refractivity contribution in [3.8, 4) is 0 Å². The van der Waals surface area contributed by atoms with Crippen LogP contribution in [-0.4, -0.2) is 49.4 Å². The number of benzene rings is 1. The third-order valence-corrected chi connectivity index (χ3v) is 4.19. The number of piperazine rings is 1. The molecule has 1 aromatic rings. The number of nitrogens with zero attached hydrogens (tertiary/aromatic N) is 2. The lowest BCUT2D eigenvalue weighted by molar-refractivity contribution is -0.133. The Kier molecular flexibility index (Phi) is 4.27. The van der Waals surface area contributed by atoms with Crippen LogP contribution in [0.1, 0.15) is 12.8 Å². The highest BCUT2D eigenvalue weighted by Crippen LogP contribution is 2.28. The van der Waals surface area contributed by atoms with Gasteiger partial charge in [0.1, 0.15) is 5.82 Å². The van der Waals surface area contributed by atoms with Crippen LogP contribution in [0.25, 0.3) is 0 Å². The average Bonchev–Trinajstić information content (AvgIpc) is 3.38. The standard InChI is InChI=1S/C16H20FN3O2/c17-13-3-5-14(6-4-13)19-7-9-20(10-8-19)15(21)11-18-16(22)12-1-2-12/h3-6,12H,1-2,7-11H2,(H,18,22). The van der Waals surface area contributed by atoms with Gasteiger partial charge < -0.3 is 15.1 Å². The molecule has 2 aliphatic rings. The molecule has 1 heterocycles. The van der Waals surface area contributed by atoms with Crippen LogP contribution in [0.3, 0.4) is 0 Å². The summed E-state index contributed by atoms with van der Waals surface area (Å²) in [6.45, 7) is 2.76. The van der Waals surface area contributed by atoms with Crippen molar-refractivity contribution in [2.75, 3.05) is 37.6 Å². The largest absolute Gasteiger partial charge is 0.368 e. The van der Waals surface area contributed by atoms with Crippen LogP contribution in [0.15, 0.2) is 24.3 Å². The van der Waals surface area contributed by atoms with E-state index in [4.69, 9.17) is 0 Å². The summed E-state index contributed by atoms with van der Waals surface area (Å²) in [5, 5.41) is 2.71. The molecule has 22 heavy (non-hydrogen) atoms. The monoisotopic (exact) mass is 305 g/mol. The van der Waals surface area contributed by atoms with E-state index in [0.29, 0.717) is 26.2 Å². The molecule has 0 unspecified atom stereocenters. The third-order valence-electron chi connectivity index (χ3n) is 4.19. The predicted molar refractivity (Wildman–Crippen MR) is 80.9 cm³/mol. The Bertz CT molecular complexity index is 549. The molecule has 2 amide bonds. The Morgan fingerprint density at radius 2 is 1.73 bits per heavy atom. The maximum atomic E-state index is 12.9. The van der Waals surface area contributed by atoms with Crippen LogP contribution in [-0.2, 0) is 9.59 Å². The van der Waals surface area contributed by atoms with Crippen LogP contribution in [0.2, 0.25) is 0 Å². The van der Waals surface area contributed by atoms with Gasteiger partial charge in [-0.25, -0.2) is 4.39 Å². The SMILES string of the molecule is O=C(NCC(=O)N1CCN(c2ccc(F)cc2)CC1)C1CC1. The highest BCUT2D eigenvalue weighted by atomic mass is 19.1. The fourth-order valence-corrected chi connectivity index (χ4v) is 2.63. The number of nitrogens with one attached hydrogen (secondary N) is 1. The zero-order chi connectivity index (χ0) is 15.5. The van der Waals surface area contributed by atoms with Crippen molar-refractivity contribution in [1.29, 1.82) is 0 Å². The molecule has 2 fully saturated rings. The number of anilines is 1. The van der Waals surface area contributed by atoms with Gasteiger partial charge in [0.25, 0.3) is 0 Å². The van der Waals surface area contributed by atoms with Crippen LogP contribution in [0.4, 0.5) is 10.1 Å². The van der Waals surface area contributed by atoms with Crippen molar-refractivity contribution in [2.24, 2.45) is 5.92 Å².